The molecule has 8 rings (SSSR count). The number of fused-ring (bicyclic) bond motifs is 7. The van der Waals surface area contributed by atoms with Crippen LogP contribution in [-0.4, -0.2) is 0 Å². The van der Waals surface area contributed by atoms with Gasteiger partial charge in [-0.1, -0.05) is 117 Å². The molecule has 6 aromatic carbocycles. The van der Waals surface area contributed by atoms with E-state index in [0.717, 1.165) is 17.1 Å². The number of rotatable bonds is 4. The lowest BCUT2D eigenvalue weighted by Gasteiger charge is -2.25. The molecule has 1 heterocycles. The van der Waals surface area contributed by atoms with E-state index >= 15 is 0 Å². The molecule has 0 unspecified atom stereocenters. The number of nitrogens with zero attached hydrogens (tertiary/aromatic N) is 1. The number of anilines is 3. The third kappa shape index (κ3) is 3.68. The van der Waals surface area contributed by atoms with Gasteiger partial charge in [0.2, 0.25) is 0 Å². The highest BCUT2D eigenvalue weighted by atomic mass is 32.1. The van der Waals surface area contributed by atoms with Gasteiger partial charge in [-0.3, -0.25) is 0 Å². The highest BCUT2D eigenvalue weighted by Crippen LogP contribution is 2.54. The second-order valence-corrected chi connectivity index (χ2v) is 12.4. The maximum absolute atomic E-state index is 2.37. The second-order valence-electron chi connectivity index (χ2n) is 11.4. The van der Waals surface area contributed by atoms with Crippen molar-refractivity contribution in [3.05, 3.63) is 151 Å². The van der Waals surface area contributed by atoms with Gasteiger partial charge in [-0.05, 0) is 64.2 Å². The molecule has 2 heteroatoms. The lowest BCUT2D eigenvalue weighted by Crippen LogP contribution is -2.14. The van der Waals surface area contributed by atoms with Gasteiger partial charge in [-0.25, -0.2) is 0 Å². The summed E-state index contributed by atoms with van der Waals surface area (Å²) in [4.78, 5) is 2.31. The molecule has 0 spiro atoms. The Balaban J connectivity index is 1.27. The third-order valence-corrected chi connectivity index (χ3v) is 9.95. The van der Waals surface area contributed by atoms with E-state index in [1.165, 1.54) is 53.6 Å². The van der Waals surface area contributed by atoms with Crippen LogP contribution in [0.5, 0.6) is 0 Å². The zero-order valence-electron chi connectivity index (χ0n) is 23.1. The molecule has 0 radical (unpaired) electrons. The summed E-state index contributed by atoms with van der Waals surface area (Å²) in [5.41, 5.74) is 11.7. The largest absolute Gasteiger partial charge is 0.311 e. The van der Waals surface area contributed by atoms with Crippen LogP contribution in [0.3, 0.4) is 0 Å². The quantitative estimate of drug-likeness (QED) is 0.213. The zero-order chi connectivity index (χ0) is 27.6. The Labute approximate surface area is 245 Å². The summed E-state index contributed by atoms with van der Waals surface area (Å²) in [6.45, 7) is 4.72. The van der Waals surface area contributed by atoms with Crippen molar-refractivity contribution in [3.8, 4) is 22.3 Å². The second kappa shape index (κ2) is 9.19. The van der Waals surface area contributed by atoms with E-state index in [-0.39, 0.29) is 5.41 Å². The van der Waals surface area contributed by atoms with Gasteiger partial charge >= 0.3 is 0 Å². The van der Waals surface area contributed by atoms with Crippen LogP contribution in [0.2, 0.25) is 0 Å². The number of thiophene rings is 1. The van der Waals surface area contributed by atoms with E-state index < -0.39 is 0 Å². The van der Waals surface area contributed by atoms with E-state index in [0.29, 0.717) is 0 Å². The van der Waals surface area contributed by atoms with E-state index in [2.05, 4.69) is 158 Å². The van der Waals surface area contributed by atoms with Gasteiger partial charge in [0.05, 0.1) is 0 Å². The molecule has 0 aliphatic heterocycles. The van der Waals surface area contributed by atoms with E-state index in [9.17, 15) is 0 Å². The SMILES string of the molecule is CC1(C)c2ccccc2-c2c1ccc1c2sc2c(-c3ccc(N(c4ccccc4)c4ccccc4)cc3)cccc21. The summed E-state index contributed by atoms with van der Waals surface area (Å²) in [5.74, 6) is 0. The summed E-state index contributed by atoms with van der Waals surface area (Å²) in [6.07, 6.45) is 0. The van der Waals surface area contributed by atoms with Crippen molar-refractivity contribution in [2.24, 2.45) is 0 Å². The van der Waals surface area contributed by atoms with Gasteiger partial charge in [-0.15, -0.1) is 11.3 Å². The molecular formula is C39H29NS. The molecule has 1 aliphatic rings. The van der Waals surface area contributed by atoms with Crippen LogP contribution in [0.4, 0.5) is 17.1 Å². The fraction of sp³-hybridized carbons (Fsp3) is 0.0769. The molecule has 0 bridgehead atoms. The lowest BCUT2D eigenvalue weighted by atomic mass is 9.82. The summed E-state index contributed by atoms with van der Waals surface area (Å²) < 4.78 is 2.76. The topological polar surface area (TPSA) is 3.24 Å². The maximum atomic E-state index is 2.37. The Morgan fingerprint density at radius 1 is 0.463 bits per heavy atom. The Kier molecular flexibility index (Phi) is 5.42. The first-order valence-electron chi connectivity index (χ1n) is 14.2. The van der Waals surface area contributed by atoms with Gasteiger partial charge in [0.15, 0.2) is 0 Å². The summed E-state index contributed by atoms with van der Waals surface area (Å²) in [6, 6.07) is 50.7. The monoisotopic (exact) mass is 543 g/mol. The third-order valence-electron chi connectivity index (χ3n) is 8.68. The molecule has 0 saturated heterocycles. The van der Waals surface area contributed by atoms with Crippen LogP contribution in [0, 0.1) is 0 Å². The minimum Gasteiger partial charge on any atom is -0.311 e. The van der Waals surface area contributed by atoms with Crippen LogP contribution < -0.4 is 4.90 Å². The summed E-state index contributed by atoms with van der Waals surface area (Å²) in [7, 11) is 0. The molecule has 0 atom stereocenters. The predicted molar refractivity (Wildman–Crippen MR) is 177 cm³/mol. The summed E-state index contributed by atoms with van der Waals surface area (Å²) in [5, 5.41) is 2.70. The average Bonchev–Trinajstić information content (AvgIpc) is 3.51. The Bertz CT molecular complexity index is 2010. The average molecular weight is 544 g/mol. The van der Waals surface area contributed by atoms with Crippen LogP contribution in [-0.2, 0) is 5.41 Å². The molecule has 7 aromatic rings. The molecule has 1 aliphatic carbocycles. The number of benzene rings is 6. The van der Waals surface area contributed by atoms with Gasteiger partial charge in [-0.2, -0.15) is 0 Å². The molecular weight excluding hydrogens is 515 g/mol. The van der Waals surface area contributed by atoms with Gasteiger partial charge in [0.1, 0.15) is 0 Å². The lowest BCUT2D eigenvalue weighted by molar-refractivity contribution is 0.661. The van der Waals surface area contributed by atoms with E-state index in [1.807, 2.05) is 11.3 Å². The molecule has 41 heavy (non-hydrogen) atoms. The maximum Gasteiger partial charge on any atom is 0.0462 e. The van der Waals surface area contributed by atoms with Crippen LogP contribution in [0.15, 0.2) is 140 Å². The van der Waals surface area contributed by atoms with Gasteiger partial charge in [0.25, 0.3) is 0 Å². The van der Waals surface area contributed by atoms with E-state index in [4.69, 9.17) is 0 Å². The highest BCUT2D eigenvalue weighted by molar-refractivity contribution is 7.27. The van der Waals surface area contributed by atoms with Crippen molar-refractivity contribution in [2.45, 2.75) is 19.3 Å². The van der Waals surface area contributed by atoms with Crippen molar-refractivity contribution in [1.82, 2.24) is 0 Å². The highest BCUT2D eigenvalue weighted by Gasteiger charge is 2.36. The number of hydrogen-bond acceptors (Lipinski definition) is 2. The fourth-order valence-corrected chi connectivity index (χ4v) is 8.06. The van der Waals surface area contributed by atoms with Crippen molar-refractivity contribution >= 4 is 48.6 Å². The van der Waals surface area contributed by atoms with Crippen LogP contribution in [0.1, 0.15) is 25.0 Å². The molecule has 1 nitrogen and oxygen atoms in total. The molecule has 0 saturated carbocycles. The Morgan fingerprint density at radius 2 is 1.05 bits per heavy atom. The molecule has 0 fully saturated rings. The smallest absolute Gasteiger partial charge is 0.0462 e. The zero-order valence-corrected chi connectivity index (χ0v) is 24.0. The van der Waals surface area contributed by atoms with Crippen molar-refractivity contribution in [1.29, 1.82) is 0 Å². The predicted octanol–water partition coefficient (Wildman–Crippen LogP) is 11.5. The molecule has 1 aromatic heterocycles. The first-order valence-corrected chi connectivity index (χ1v) is 15.0. The minimum absolute atomic E-state index is 0.0122. The fourth-order valence-electron chi connectivity index (χ4n) is 6.66. The summed E-state index contributed by atoms with van der Waals surface area (Å²) >= 11 is 1.95. The molecule has 196 valence electrons. The van der Waals surface area contributed by atoms with Crippen molar-refractivity contribution in [2.75, 3.05) is 4.90 Å². The first-order chi connectivity index (χ1) is 20.1. The normalized spacial score (nSPS) is 13.3. The molecule has 0 N–H and O–H groups in total. The Hall–Kier alpha value is -4.66. The number of hydrogen-bond donors (Lipinski definition) is 0. The van der Waals surface area contributed by atoms with Gasteiger partial charge < -0.3 is 4.90 Å². The number of para-hydroxylation sites is 2. The minimum atomic E-state index is 0.0122. The van der Waals surface area contributed by atoms with Gasteiger partial charge in [0, 0.05) is 48.2 Å². The Morgan fingerprint density at radius 3 is 1.76 bits per heavy atom. The molecule has 0 amide bonds. The van der Waals surface area contributed by atoms with Crippen molar-refractivity contribution in [3.63, 3.8) is 0 Å². The van der Waals surface area contributed by atoms with E-state index in [1.54, 1.807) is 0 Å². The standard InChI is InChI=1S/C39H29NS/c1-39(2)34-19-10-9-16-33(34)36-35(39)25-24-32-31-18-11-17-30(37(31)41-38(32)36)26-20-22-29(23-21-26)40(27-12-5-3-6-13-27)28-14-7-4-8-15-28/h3-25H,1-2H3. The van der Waals surface area contributed by atoms with Crippen molar-refractivity contribution < 1.29 is 0 Å². The van der Waals surface area contributed by atoms with Crippen LogP contribution >= 0.6 is 11.3 Å². The first kappa shape index (κ1) is 24.2. The van der Waals surface area contributed by atoms with Crippen LogP contribution in [0.25, 0.3) is 42.4 Å².